The lowest BCUT2D eigenvalue weighted by Gasteiger charge is -2.12. The number of anilines is 1. The Hall–Kier alpha value is -4.16. The fourth-order valence-electron chi connectivity index (χ4n) is 5.30. The van der Waals surface area contributed by atoms with Crippen molar-refractivity contribution in [3.05, 3.63) is 87.6 Å². The lowest BCUT2D eigenvalue weighted by Crippen LogP contribution is -2.25. The maximum atomic E-state index is 13.2. The number of aromatic nitrogens is 3. The number of nitrogens with zero attached hydrogens (tertiary/aromatic N) is 3. The molecule has 1 aliphatic carbocycles. The Kier molecular flexibility index (Phi) is 11.3. The van der Waals surface area contributed by atoms with E-state index >= 15 is 0 Å². The van der Waals surface area contributed by atoms with Crippen LogP contribution in [0.3, 0.4) is 0 Å². The number of thiophene rings is 1. The Balaban J connectivity index is 1.30. The molecule has 0 bridgehead atoms. The van der Waals surface area contributed by atoms with E-state index in [0.29, 0.717) is 39.4 Å². The number of thioether (sulfide) groups is 1. The Morgan fingerprint density at radius 3 is 2.58 bits per heavy atom. The van der Waals surface area contributed by atoms with Gasteiger partial charge in [0, 0.05) is 11.4 Å². The molecule has 0 aliphatic heterocycles. The summed E-state index contributed by atoms with van der Waals surface area (Å²) in [5, 5.41) is 15.8. The zero-order chi connectivity index (χ0) is 31.6. The van der Waals surface area contributed by atoms with E-state index in [1.165, 1.54) is 30.2 Å². The van der Waals surface area contributed by atoms with E-state index < -0.39 is 0 Å². The molecule has 2 amide bonds. The van der Waals surface area contributed by atoms with Gasteiger partial charge in [0.2, 0.25) is 5.91 Å². The van der Waals surface area contributed by atoms with Crippen molar-refractivity contribution in [3.63, 3.8) is 0 Å². The zero-order valence-electron chi connectivity index (χ0n) is 25.5. The third-order valence-corrected chi connectivity index (χ3v) is 9.68. The first-order valence-corrected chi connectivity index (χ1v) is 16.9. The van der Waals surface area contributed by atoms with Gasteiger partial charge in [-0.15, -0.1) is 21.5 Å². The normalized spacial score (nSPS) is 12.6. The van der Waals surface area contributed by atoms with Gasteiger partial charge in [0.15, 0.2) is 11.0 Å². The number of methoxy groups -OCH3 is 1. The Bertz CT molecular complexity index is 1640. The van der Waals surface area contributed by atoms with Gasteiger partial charge >= 0.3 is 5.97 Å². The van der Waals surface area contributed by atoms with Crippen LogP contribution in [0.5, 0.6) is 5.75 Å². The van der Waals surface area contributed by atoms with Crippen LogP contribution < -0.4 is 15.4 Å². The van der Waals surface area contributed by atoms with E-state index in [-0.39, 0.29) is 36.7 Å². The van der Waals surface area contributed by atoms with Crippen molar-refractivity contribution in [2.45, 2.75) is 63.7 Å². The van der Waals surface area contributed by atoms with Gasteiger partial charge in [-0.2, -0.15) is 0 Å². The topological polar surface area (TPSA) is 124 Å². The number of hydrogen-bond donors (Lipinski definition) is 2. The van der Waals surface area contributed by atoms with Crippen LogP contribution in [0.1, 0.15) is 68.7 Å². The van der Waals surface area contributed by atoms with Crippen molar-refractivity contribution in [1.82, 2.24) is 20.1 Å². The first-order valence-electron chi connectivity index (χ1n) is 15.1. The van der Waals surface area contributed by atoms with Crippen LogP contribution in [0.15, 0.2) is 59.8 Å². The van der Waals surface area contributed by atoms with E-state index in [1.54, 1.807) is 31.2 Å². The second kappa shape index (κ2) is 15.7. The monoisotopic (exact) mass is 647 g/mol. The van der Waals surface area contributed by atoms with Gasteiger partial charge in [-0.25, -0.2) is 4.79 Å². The second-order valence-electron chi connectivity index (χ2n) is 10.5. The summed E-state index contributed by atoms with van der Waals surface area (Å²) < 4.78 is 12.6. The number of benzene rings is 2. The van der Waals surface area contributed by atoms with Gasteiger partial charge in [0.05, 0.1) is 37.1 Å². The number of nitrogens with one attached hydrogen (secondary N) is 2. The molecule has 2 heterocycles. The van der Waals surface area contributed by atoms with E-state index in [0.717, 1.165) is 54.5 Å². The van der Waals surface area contributed by atoms with Crippen molar-refractivity contribution in [1.29, 1.82) is 0 Å². The number of amides is 2. The highest BCUT2D eigenvalue weighted by Gasteiger charge is 2.27. The van der Waals surface area contributed by atoms with Crippen molar-refractivity contribution in [2.24, 2.45) is 0 Å². The molecule has 0 saturated heterocycles. The van der Waals surface area contributed by atoms with Crippen LogP contribution in [0.25, 0.3) is 0 Å². The molecule has 1 aliphatic rings. The molecule has 0 spiro atoms. The minimum Gasteiger partial charge on any atom is -0.496 e. The number of para-hydroxylation sites is 1. The summed E-state index contributed by atoms with van der Waals surface area (Å²) in [5.74, 6) is 0.207. The molecule has 4 aromatic rings. The number of ether oxygens (including phenoxy) is 2. The number of carbonyl (C=O) groups excluding carboxylic acids is 3. The predicted molar refractivity (Wildman–Crippen MR) is 175 cm³/mol. The fraction of sp³-hybridized carbons (Fsp3) is 0.364. The number of carbonyl (C=O) groups is 3. The molecular formula is C33H37N5O5S2. The Morgan fingerprint density at radius 1 is 1.00 bits per heavy atom. The van der Waals surface area contributed by atoms with E-state index in [2.05, 4.69) is 33.0 Å². The molecule has 2 aromatic carbocycles. The van der Waals surface area contributed by atoms with Crippen LogP contribution in [-0.2, 0) is 41.9 Å². The molecule has 0 fully saturated rings. The van der Waals surface area contributed by atoms with Crippen molar-refractivity contribution in [3.8, 4) is 5.75 Å². The van der Waals surface area contributed by atoms with Crippen molar-refractivity contribution < 1.29 is 23.9 Å². The predicted octanol–water partition coefficient (Wildman–Crippen LogP) is 5.70. The zero-order valence-corrected chi connectivity index (χ0v) is 27.1. The minimum absolute atomic E-state index is 0.0713. The summed E-state index contributed by atoms with van der Waals surface area (Å²) >= 11 is 2.74. The Morgan fingerprint density at radius 2 is 1.78 bits per heavy atom. The molecule has 5 rings (SSSR count). The molecular weight excluding hydrogens is 611 g/mol. The quantitative estimate of drug-likeness (QED) is 0.108. The third kappa shape index (κ3) is 8.12. The number of fused-ring (bicyclic) bond motifs is 1. The van der Waals surface area contributed by atoms with Crippen LogP contribution in [0.2, 0.25) is 0 Å². The number of hydrogen-bond acceptors (Lipinski definition) is 9. The number of esters is 1. The minimum atomic E-state index is -0.389. The summed E-state index contributed by atoms with van der Waals surface area (Å²) in [6, 6.07) is 17.1. The SMILES string of the molecule is CCOC(=O)c1c(NC(=O)CSc2nnc(CNC(=O)c3ccccc3OC)n2CCc2ccccc2)sc2c1CCCCC2. The molecule has 0 radical (unpaired) electrons. The van der Waals surface area contributed by atoms with E-state index in [4.69, 9.17) is 9.47 Å². The van der Waals surface area contributed by atoms with E-state index in [1.807, 2.05) is 22.8 Å². The molecule has 2 N–H and O–H groups in total. The standard InChI is InChI=1S/C33H37N5O5S2/c1-3-43-32(41)29-24-15-8-5-9-17-26(24)45-31(29)35-28(39)21-44-33-37-36-27(38(33)19-18-22-12-6-4-7-13-22)20-34-30(40)23-14-10-11-16-25(23)42-2/h4,6-7,10-14,16H,3,5,8-9,15,17-21H2,1-2H3,(H,34,40)(H,35,39). The van der Waals surface area contributed by atoms with Gasteiger partial charge in [-0.3, -0.25) is 9.59 Å². The first kappa shape index (κ1) is 32.2. The molecule has 236 valence electrons. The van der Waals surface area contributed by atoms with E-state index in [9.17, 15) is 14.4 Å². The summed E-state index contributed by atoms with van der Waals surface area (Å²) in [7, 11) is 1.53. The van der Waals surface area contributed by atoms with Gasteiger partial charge in [-0.1, -0.05) is 60.6 Å². The average Bonchev–Trinajstić information content (AvgIpc) is 3.52. The number of rotatable bonds is 13. The summed E-state index contributed by atoms with van der Waals surface area (Å²) in [4.78, 5) is 40.2. The van der Waals surface area contributed by atoms with Crippen LogP contribution >= 0.6 is 23.1 Å². The van der Waals surface area contributed by atoms with Crippen molar-refractivity contribution >= 4 is 45.9 Å². The van der Waals surface area contributed by atoms with Crippen molar-refractivity contribution in [2.75, 3.05) is 24.8 Å². The highest BCUT2D eigenvalue weighted by Crippen LogP contribution is 2.38. The van der Waals surface area contributed by atoms with Crippen LogP contribution in [-0.4, -0.2) is 52.0 Å². The summed E-state index contributed by atoms with van der Waals surface area (Å²) in [5.41, 5.74) is 3.08. The van der Waals surface area contributed by atoms with Crippen LogP contribution in [0, 0.1) is 0 Å². The van der Waals surface area contributed by atoms with Gasteiger partial charge in [0.1, 0.15) is 10.8 Å². The third-order valence-electron chi connectivity index (χ3n) is 7.51. The maximum absolute atomic E-state index is 13.2. The van der Waals surface area contributed by atoms with Gasteiger partial charge < -0.3 is 24.7 Å². The first-order chi connectivity index (χ1) is 22.0. The smallest absolute Gasteiger partial charge is 0.341 e. The lowest BCUT2D eigenvalue weighted by molar-refractivity contribution is -0.113. The highest BCUT2D eigenvalue weighted by molar-refractivity contribution is 7.99. The molecule has 0 atom stereocenters. The Labute approximate surface area is 270 Å². The molecule has 10 nitrogen and oxygen atoms in total. The molecule has 12 heteroatoms. The summed E-state index contributed by atoms with van der Waals surface area (Å²) in [6.45, 7) is 2.76. The maximum Gasteiger partial charge on any atom is 0.341 e. The van der Waals surface area contributed by atoms with Gasteiger partial charge in [-0.05, 0) is 62.3 Å². The summed E-state index contributed by atoms with van der Waals surface area (Å²) in [6.07, 6.45) is 5.64. The average molecular weight is 648 g/mol. The van der Waals surface area contributed by atoms with Crippen LogP contribution in [0.4, 0.5) is 5.00 Å². The van der Waals surface area contributed by atoms with Gasteiger partial charge in [0.25, 0.3) is 5.91 Å². The molecule has 0 unspecified atom stereocenters. The second-order valence-corrected chi connectivity index (χ2v) is 12.5. The largest absolute Gasteiger partial charge is 0.496 e. The fourth-order valence-corrected chi connectivity index (χ4v) is 7.37. The molecule has 0 saturated carbocycles. The highest BCUT2D eigenvalue weighted by atomic mass is 32.2. The molecule has 2 aromatic heterocycles. The molecule has 45 heavy (non-hydrogen) atoms. The number of aryl methyl sites for hydroxylation is 2. The lowest BCUT2D eigenvalue weighted by atomic mass is 10.1.